The van der Waals surface area contributed by atoms with Crippen LogP contribution in [-0.2, 0) is 10.1 Å². The Morgan fingerprint density at radius 1 is 1.12 bits per heavy atom. The Morgan fingerprint density at radius 3 is 2.41 bits per heavy atom. The van der Waals surface area contributed by atoms with Crippen LogP contribution in [0, 0.1) is 0 Å². The SMILES string of the molecule is CCN(CC)c1ccc(/C=C/C(=O)c2ccc(OS(=O)(=O)C3CC3)c3c2OC(C)(C)C=C3)cc1. The Bertz CT molecular complexity index is 1230. The van der Waals surface area contributed by atoms with E-state index in [-0.39, 0.29) is 11.5 Å². The highest BCUT2D eigenvalue weighted by atomic mass is 32.2. The molecule has 0 amide bonds. The van der Waals surface area contributed by atoms with Gasteiger partial charge in [-0.15, -0.1) is 0 Å². The first-order chi connectivity index (χ1) is 16.1. The number of nitrogens with zero attached hydrogens (tertiary/aromatic N) is 1. The fraction of sp³-hybridized carbons (Fsp3) is 0.370. The zero-order chi connectivity index (χ0) is 24.5. The highest BCUT2D eigenvalue weighted by Crippen LogP contribution is 2.42. The van der Waals surface area contributed by atoms with E-state index in [2.05, 4.69) is 18.7 Å². The normalized spacial score (nSPS) is 16.7. The summed E-state index contributed by atoms with van der Waals surface area (Å²) in [5, 5.41) is -0.453. The molecule has 4 rings (SSSR count). The van der Waals surface area contributed by atoms with Crippen LogP contribution in [0.1, 0.15) is 62.0 Å². The molecule has 1 aliphatic carbocycles. The van der Waals surface area contributed by atoms with Crippen molar-refractivity contribution in [1.82, 2.24) is 0 Å². The Hall–Kier alpha value is -3.06. The van der Waals surface area contributed by atoms with Gasteiger partial charge in [0, 0.05) is 18.8 Å². The molecule has 0 spiro atoms. The van der Waals surface area contributed by atoms with Crippen LogP contribution in [0.25, 0.3) is 12.2 Å². The van der Waals surface area contributed by atoms with Crippen molar-refractivity contribution in [2.45, 2.75) is 51.4 Å². The summed E-state index contributed by atoms with van der Waals surface area (Å²) < 4.78 is 36.3. The number of rotatable bonds is 9. The highest BCUT2D eigenvalue weighted by molar-refractivity contribution is 7.88. The van der Waals surface area contributed by atoms with Crippen LogP contribution in [-0.4, -0.2) is 38.1 Å². The summed E-state index contributed by atoms with van der Waals surface area (Å²) >= 11 is 0. The quantitative estimate of drug-likeness (QED) is 0.268. The largest absolute Gasteiger partial charge is 0.482 e. The average Bonchev–Trinajstić information content (AvgIpc) is 3.65. The predicted octanol–water partition coefficient (Wildman–Crippen LogP) is 5.48. The van der Waals surface area contributed by atoms with Crippen molar-refractivity contribution in [1.29, 1.82) is 0 Å². The monoisotopic (exact) mass is 481 g/mol. The van der Waals surface area contributed by atoms with Crippen LogP contribution in [0.3, 0.4) is 0 Å². The van der Waals surface area contributed by atoms with Crippen LogP contribution in [0.2, 0.25) is 0 Å². The summed E-state index contributed by atoms with van der Waals surface area (Å²) in [5.74, 6) is 0.287. The molecule has 6 nitrogen and oxygen atoms in total. The van der Waals surface area contributed by atoms with Crippen LogP contribution < -0.4 is 13.8 Å². The molecule has 1 fully saturated rings. The van der Waals surface area contributed by atoms with Gasteiger partial charge < -0.3 is 13.8 Å². The lowest BCUT2D eigenvalue weighted by Crippen LogP contribution is -2.29. The molecule has 0 N–H and O–H groups in total. The van der Waals surface area contributed by atoms with Gasteiger partial charge in [0.05, 0.1) is 16.4 Å². The molecule has 2 aliphatic rings. The zero-order valence-corrected chi connectivity index (χ0v) is 20.9. The van der Waals surface area contributed by atoms with Crippen molar-refractivity contribution in [3.63, 3.8) is 0 Å². The molecule has 0 aromatic heterocycles. The molecular formula is C27H31NO5S. The number of ether oxygens (including phenoxy) is 1. The number of carbonyl (C=O) groups is 1. The maximum absolute atomic E-state index is 13.1. The lowest BCUT2D eigenvalue weighted by molar-refractivity contribution is 0.103. The van der Waals surface area contributed by atoms with Gasteiger partial charge in [0.15, 0.2) is 11.5 Å². The molecule has 7 heteroatoms. The maximum atomic E-state index is 13.1. The van der Waals surface area contributed by atoms with E-state index >= 15 is 0 Å². The standard InChI is InChI=1S/C27H31NO5S/c1-5-28(6-2)20-10-7-19(8-11-20)9-15-24(29)22-14-16-25(33-34(30,31)21-12-13-21)23-17-18-27(3,4)32-26(22)23/h7-11,14-18,21H,5-6,12-13H2,1-4H3/b15-9+. The van der Waals surface area contributed by atoms with Gasteiger partial charge in [0.2, 0.25) is 0 Å². The van der Waals surface area contributed by atoms with Gasteiger partial charge in [-0.3, -0.25) is 4.79 Å². The molecule has 0 atom stereocenters. The summed E-state index contributed by atoms with van der Waals surface area (Å²) in [7, 11) is -3.69. The second-order valence-electron chi connectivity index (χ2n) is 9.13. The second-order valence-corrected chi connectivity index (χ2v) is 10.9. The van der Waals surface area contributed by atoms with E-state index in [9.17, 15) is 13.2 Å². The number of hydrogen-bond donors (Lipinski definition) is 0. The average molecular weight is 482 g/mol. The summed E-state index contributed by atoms with van der Waals surface area (Å²) in [4.78, 5) is 15.4. The minimum atomic E-state index is -3.69. The number of carbonyl (C=O) groups excluding carboxylic acids is 1. The Balaban J connectivity index is 1.61. The number of allylic oxidation sites excluding steroid dienone is 1. The summed E-state index contributed by atoms with van der Waals surface area (Å²) in [5.41, 5.74) is 2.24. The minimum absolute atomic E-state index is 0.182. The van der Waals surface area contributed by atoms with Gasteiger partial charge in [-0.2, -0.15) is 8.42 Å². The first-order valence-electron chi connectivity index (χ1n) is 11.7. The van der Waals surface area contributed by atoms with E-state index in [1.807, 2.05) is 44.2 Å². The van der Waals surface area contributed by atoms with Crippen molar-refractivity contribution in [2.75, 3.05) is 18.0 Å². The third kappa shape index (κ3) is 5.20. The van der Waals surface area contributed by atoms with Gasteiger partial charge in [-0.1, -0.05) is 18.2 Å². The molecule has 1 saturated carbocycles. The first-order valence-corrected chi connectivity index (χ1v) is 13.2. The first kappa shape index (κ1) is 24.1. The molecule has 1 aliphatic heterocycles. The van der Waals surface area contributed by atoms with E-state index < -0.39 is 21.0 Å². The number of hydrogen-bond acceptors (Lipinski definition) is 6. The smallest absolute Gasteiger partial charge is 0.312 e. The number of anilines is 1. The van der Waals surface area contributed by atoms with Crippen molar-refractivity contribution in [2.24, 2.45) is 0 Å². The molecule has 34 heavy (non-hydrogen) atoms. The minimum Gasteiger partial charge on any atom is -0.482 e. The predicted molar refractivity (Wildman–Crippen MR) is 136 cm³/mol. The van der Waals surface area contributed by atoms with Crippen LogP contribution in [0.4, 0.5) is 5.69 Å². The van der Waals surface area contributed by atoms with E-state index in [0.29, 0.717) is 29.7 Å². The van der Waals surface area contributed by atoms with Gasteiger partial charge in [0.1, 0.15) is 11.4 Å². The highest BCUT2D eigenvalue weighted by Gasteiger charge is 2.39. The Labute approximate surface area is 202 Å². The van der Waals surface area contributed by atoms with Gasteiger partial charge in [-0.05, 0) is 88.6 Å². The fourth-order valence-electron chi connectivity index (χ4n) is 3.89. The van der Waals surface area contributed by atoms with E-state index in [0.717, 1.165) is 24.3 Å². The molecule has 1 heterocycles. The Kier molecular flexibility index (Phi) is 6.58. The zero-order valence-electron chi connectivity index (χ0n) is 20.1. The lowest BCUT2D eigenvalue weighted by Gasteiger charge is -2.29. The second kappa shape index (κ2) is 9.29. The van der Waals surface area contributed by atoms with Crippen molar-refractivity contribution >= 4 is 33.7 Å². The van der Waals surface area contributed by atoms with Gasteiger partial charge in [0.25, 0.3) is 0 Å². The van der Waals surface area contributed by atoms with E-state index in [1.54, 1.807) is 18.2 Å². The third-order valence-electron chi connectivity index (χ3n) is 6.03. The van der Waals surface area contributed by atoms with Gasteiger partial charge >= 0.3 is 10.1 Å². The Morgan fingerprint density at radius 2 is 1.79 bits per heavy atom. The fourth-order valence-corrected chi connectivity index (χ4v) is 5.14. The van der Waals surface area contributed by atoms with Crippen LogP contribution in [0.5, 0.6) is 11.5 Å². The third-order valence-corrected chi connectivity index (χ3v) is 7.73. The number of fused-ring (bicyclic) bond motifs is 1. The molecule has 0 radical (unpaired) electrons. The summed E-state index contributed by atoms with van der Waals surface area (Å²) in [6, 6.07) is 11.2. The molecule has 0 unspecified atom stereocenters. The van der Waals surface area contributed by atoms with Crippen molar-refractivity contribution in [3.8, 4) is 11.5 Å². The summed E-state index contributed by atoms with van der Waals surface area (Å²) in [6.07, 6.45) is 8.10. The molecule has 2 aromatic rings. The molecular weight excluding hydrogens is 450 g/mol. The molecule has 0 saturated heterocycles. The summed E-state index contributed by atoms with van der Waals surface area (Å²) in [6.45, 7) is 9.86. The van der Waals surface area contributed by atoms with Crippen molar-refractivity contribution in [3.05, 3.63) is 65.2 Å². The topological polar surface area (TPSA) is 72.9 Å². The number of ketones is 1. The molecule has 0 bridgehead atoms. The lowest BCUT2D eigenvalue weighted by atomic mass is 9.97. The van der Waals surface area contributed by atoms with Gasteiger partial charge in [-0.25, -0.2) is 0 Å². The molecule has 180 valence electrons. The molecule has 2 aromatic carbocycles. The van der Waals surface area contributed by atoms with Crippen LogP contribution in [0.15, 0.2) is 48.6 Å². The van der Waals surface area contributed by atoms with E-state index in [1.165, 1.54) is 12.1 Å². The van der Waals surface area contributed by atoms with Crippen molar-refractivity contribution < 1.29 is 22.1 Å². The maximum Gasteiger partial charge on any atom is 0.312 e. The number of benzene rings is 2. The van der Waals surface area contributed by atoms with E-state index in [4.69, 9.17) is 8.92 Å². The van der Waals surface area contributed by atoms with Crippen LogP contribution >= 0.6 is 0 Å².